The molecule has 6 aromatic rings. The number of anilines is 3. The van der Waals surface area contributed by atoms with Gasteiger partial charge in [0.15, 0.2) is 18.3 Å². The third kappa shape index (κ3) is 25.0. The molecule has 7 saturated heterocycles. The van der Waals surface area contributed by atoms with Gasteiger partial charge >= 0.3 is 6.18 Å². The lowest BCUT2D eigenvalue weighted by Gasteiger charge is -2.35. The van der Waals surface area contributed by atoms with Crippen molar-refractivity contribution in [2.75, 3.05) is 160 Å². The molecule has 10 aliphatic rings. The van der Waals surface area contributed by atoms with Gasteiger partial charge in [-0.25, -0.2) is 13.2 Å². The van der Waals surface area contributed by atoms with Crippen molar-refractivity contribution in [1.82, 2.24) is 29.4 Å². The second-order valence-corrected chi connectivity index (χ2v) is 37.8. The van der Waals surface area contributed by atoms with E-state index in [2.05, 4.69) is 43.7 Å². The minimum atomic E-state index is -4.21. The number of nitrogens with two attached hydrogens (primary N) is 4. The van der Waals surface area contributed by atoms with Crippen LogP contribution in [0.3, 0.4) is 0 Å². The number of carbonyl (C=O) groups is 9. The molecule has 0 bridgehead atoms. The van der Waals surface area contributed by atoms with Crippen LogP contribution >= 0.6 is 0 Å². The lowest BCUT2D eigenvalue weighted by Crippen LogP contribution is -2.86. The van der Waals surface area contributed by atoms with Gasteiger partial charge in [0, 0.05) is 181 Å². The van der Waals surface area contributed by atoms with E-state index in [-0.39, 0.29) is 144 Å². The van der Waals surface area contributed by atoms with Crippen LogP contribution in [0.4, 0.5) is 43.4 Å². The van der Waals surface area contributed by atoms with Crippen molar-refractivity contribution < 1.29 is 111 Å². The lowest BCUT2D eigenvalue weighted by molar-refractivity contribution is -0.663. The number of piperazine rings is 3. The zero-order valence-electron chi connectivity index (χ0n) is 76.1. The Kier molecular flexibility index (Phi) is 32.6. The summed E-state index contributed by atoms with van der Waals surface area (Å²) in [6.07, 6.45) is 13.4. The quantitative estimate of drug-likeness (QED) is 0.0334. The molecule has 3 aliphatic carbocycles. The average Bonchev–Trinajstić information content (AvgIpc) is 1.17. The van der Waals surface area contributed by atoms with Crippen molar-refractivity contribution in [2.45, 2.75) is 185 Å². The van der Waals surface area contributed by atoms with E-state index in [1.165, 1.54) is 86.7 Å². The molecule has 706 valence electrons. The molecule has 6 aromatic carbocycles. The van der Waals surface area contributed by atoms with Gasteiger partial charge < -0.3 is 86.1 Å². The van der Waals surface area contributed by atoms with E-state index in [0.717, 1.165) is 150 Å². The molecular formula is C99H131F6N14O12+5. The number of alkyl halides is 3. The second-order valence-electron chi connectivity index (χ2n) is 37.8. The highest BCUT2D eigenvalue weighted by molar-refractivity contribution is 6.02. The van der Waals surface area contributed by atoms with E-state index in [4.69, 9.17) is 14.2 Å². The van der Waals surface area contributed by atoms with Crippen molar-refractivity contribution in [2.24, 2.45) is 17.3 Å². The fraction of sp³-hybridized carbons (Fsp3) is 0.545. The fourth-order valence-corrected chi connectivity index (χ4v) is 20.0. The average molecular weight is 1820 g/mol. The van der Waals surface area contributed by atoms with Crippen LogP contribution in [0.1, 0.15) is 239 Å². The van der Waals surface area contributed by atoms with Crippen molar-refractivity contribution in [3.63, 3.8) is 0 Å². The second kappa shape index (κ2) is 44.2. The molecule has 0 radical (unpaired) electrons. The molecule has 13 N–H and O–H groups in total. The highest BCUT2D eigenvalue weighted by Crippen LogP contribution is 2.47. The van der Waals surface area contributed by atoms with Crippen molar-refractivity contribution in [1.29, 1.82) is 0 Å². The molecule has 26 nitrogen and oxygen atoms in total. The maximum absolute atomic E-state index is 14.7. The van der Waals surface area contributed by atoms with Crippen LogP contribution in [-0.4, -0.2) is 252 Å². The van der Waals surface area contributed by atoms with Gasteiger partial charge in [-0.2, -0.15) is 13.2 Å². The third-order valence-corrected chi connectivity index (χ3v) is 28.0. The minimum absolute atomic E-state index is 0.0124. The van der Waals surface area contributed by atoms with E-state index in [1.807, 2.05) is 30.3 Å². The first kappa shape index (κ1) is 96.4. The van der Waals surface area contributed by atoms with Crippen molar-refractivity contribution in [3.8, 4) is 17.2 Å². The number of piperidine rings is 1. The van der Waals surface area contributed by atoms with Crippen LogP contribution in [0.25, 0.3) is 0 Å². The Hall–Kier alpha value is -10.7. The standard InChI is InChI=1S/C35H46FN5O4.C34H43F4N5O4.C30H37FN4O4/c1-39(33(42)25-9-12-37-13-10-25)29-20-27(19-28(36)22-29)35(44)41-17-15-40(16-18-41)34(43)26-7-8-32(45-30-11-14-38-23-30)31(21-26)24-5-3-2-4-6-24;1-33(2,20-39)32(46)41-26-16-23(15-25(35)18-26)31(45)43-13-11-42(12-14-43)30(44)22-5-8-29(47-27-9-10-40-19-27)28(17-22)21-3-6-24(7-4-21)34(36,37)38;1-20(36)33-25-16-23(15-24(31)18-25)30(38)35-13-11-34(12-14-35)29(37)22-7-8-28(39-26-9-10-32-19-26)27(17-22)21-5-3-2-4-6-21/h7-8,19-22,24-25,30,37-38H,2-6,9-18,23H2,1H3;5,8,15-18,21,24,27,40H,3-4,6-7,9-14,19-20,39H2,1-2H3,(H,41,46);7-8,15-18,21,26,32H,2-6,9-14,19H2,1H3,(H,33,36)/p+5/t30-;21?,24?,27-;26-/m000/s1. The van der Waals surface area contributed by atoms with E-state index < -0.39 is 40.9 Å². The molecule has 9 amide bonds. The highest BCUT2D eigenvalue weighted by atomic mass is 19.4. The number of rotatable bonds is 21. The predicted molar refractivity (Wildman–Crippen MR) is 481 cm³/mol. The molecule has 10 fully saturated rings. The number of ether oxygens (including phenoxy) is 3. The SMILES string of the molecule is CC(=O)Nc1cc(F)cc(C(=O)N2CCN(C(=O)c3ccc(O[C@H]4CC[NH2+]C4)c(C4CCCCC4)c3)CC2)c1.CC(C)(C[NH3+])C(=O)Nc1cc(F)cc(C(=O)N2CCN(C(=O)c3ccc(O[C@H]4CC[NH2+]C4)c(C4CCC(C(F)(F)F)CC4)c3)CC2)c1.CN(C(=O)C1CC[NH2+]CC1)c1cc(F)cc(C(=O)N2CCN(C(=O)c3ccc(O[C@H]4CC[NH2+]C4)c(C4CCCCC4)c3)CC2)c1. The van der Waals surface area contributed by atoms with Gasteiger partial charge in [-0.1, -0.05) is 38.5 Å². The number of benzene rings is 6. The van der Waals surface area contributed by atoms with Gasteiger partial charge in [0.25, 0.3) is 35.4 Å². The van der Waals surface area contributed by atoms with Gasteiger partial charge in [0.05, 0.1) is 50.6 Å². The summed E-state index contributed by atoms with van der Waals surface area (Å²) < 4.78 is 103. The molecule has 3 atom stereocenters. The number of quaternary nitrogens is 5. The van der Waals surface area contributed by atoms with Crippen LogP contribution in [0.2, 0.25) is 0 Å². The van der Waals surface area contributed by atoms with Gasteiger partial charge in [-0.05, 0) is 209 Å². The molecule has 131 heavy (non-hydrogen) atoms. The van der Waals surface area contributed by atoms with Crippen LogP contribution in [0.5, 0.6) is 17.2 Å². The Labute approximate surface area is 762 Å². The monoisotopic (exact) mass is 1820 g/mol. The van der Waals surface area contributed by atoms with E-state index in [1.54, 1.807) is 74.6 Å². The summed E-state index contributed by atoms with van der Waals surface area (Å²) in [6.45, 7) is 16.8. The Balaban J connectivity index is 0.000000159. The van der Waals surface area contributed by atoms with Crippen molar-refractivity contribution in [3.05, 3.63) is 177 Å². The Bertz CT molecular complexity index is 5030. The summed E-state index contributed by atoms with van der Waals surface area (Å²) in [5.41, 5.74) is 9.14. The fourth-order valence-electron chi connectivity index (χ4n) is 20.0. The highest BCUT2D eigenvalue weighted by Gasteiger charge is 2.43. The van der Waals surface area contributed by atoms with Crippen molar-refractivity contribution >= 4 is 70.2 Å². The maximum atomic E-state index is 14.7. The molecule has 0 spiro atoms. The first-order chi connectivity index (χ1) is 63.0. The summed E-state index contributed by atoms with van der Waals surface area (Å²) in [7, 11) is 1.65. The number of halogens is 6. The zero-order chi connectivity index (χ0) is 92.6. The maximum Gasteiger partial charge on any atom is 0.391 e. The first-order valence-electron chi connectivity index (χ1n) is 47.6. The number of nitrogens with one attached hydrogen (secondary N) is 2. The van der Waals surface area contributed by atoms with Gasteiger partial charge in [-0.15, -0.1) is 0 Å². The molecule has 3 saturated carbocycles. The van der Waals surface area contributed by atoms with Gasteiger partial charge in [-0.3, -0.25) is 43.2 Å². The molecule has 32 heteroatoms. The first-order valence-corrected chi connectivity index (χ1v) is 47.6. The van der Waals surface area contributed by atoms with E-state index in [0.29, 0.717) is 112 Å². The lowest BCUT2D eigenvalue weighted by atomic mass is 9.78. The van der Waals surface area contributed by atoms with E-state index >= 15 is 0 Å². The Morgan fingerprint density at radius 2 is 0.725 bits per heavy atom. The third-order valence-electron chi connectivity index (χ3n) is 28.0. The largest absolute Gasteiger partial charge is 0.484 e. The van der Waals surface area contributed by atoms with Crippen LogP contribution < -0.4 is 56.7 Å². The smallest absolute Gasteiger partial charge is 0.391 e. The van der Waals surface area contributed by atoms with E-state index in [9.17, 15) is 69.5 Å². The van der Waals surface area contributed by atoms with Crippen LogP contribution in [0, 0.1) is 34.7 Å². The molecule has 7 aliphatic heterocycles. The van der Waals surface area contributed by atoms with Crippen LogP contribution in [0.15, 0.2) is 109 Å². The number of amides is 9. The molecule has 7 heterocycles. The molecular weight excluding hydrogens is 1690 g/mol. The molecule has 16 rings (SSSR count). The van der Waals surface area contributed by atoms with Gasteiger partial charge in [0.2, 0.25) is 17.7 Å². The summed E-state index contributed by atoms with van der Waals surface area (Å²) >= 11 is 0. The predicted octanol–water partition coefficient (Wildman–Crippen LogP) is 8.45. The van der Waals surface area contributed by atoms with Gasteiger partial charge in [0.1, 0.15) is 54.3 Å². The number of carbonyl (C=O) groups excluding carboxylic acids is 9. The number of hydrogen-bond donors (Lipinski definition) is 7. The minimum Gasteiger partial charge on any atom is -0.484 e. The molecule has 0 unspecified atom stereocenters. The summed E-state index contributed by atoms with van der Waals surface area (Å²) in [6, 6.07) is 28.8. The zero-order valence-corrected chi connectivity index (χ0v) is 76.1. The summed E-state index contributed by atoms with van der Waals surface area (Å²) in [4.78, 5) is 129. The molecule has 0 aromatic heterocycles. The van der Waals surface area contributed by atoms with Crippen LogP contribution in [-0.2, 0) is 14.4 Å². The summed E-state index contributed by atoms with van der Waals surface area (Å²) in [5, 5.41) is 14.1. The normalized spacial score (nSPS) is 21.4. The topological polar surface area (TPSA) is 322 Å². The Morgan fingerprint density at radius 3 is 1.06 bits per heavy atom. The number of hydrogen-bond acceptors (Lipinski definition) is 12. The number of nitrogens with zero attached hydrogens (tertiary/aromatic N) is 7. The summed E-state index contributed by atoms with van der Waals surface area (Å²) in [5.74, 6) is -2.07. The Morgan fingerprint density at radius 1 is 0.397 bits per heavy atom.